The highest BCUT2D eigenvalue weighted by molar-refractivity contribution is 5.61. The van der Waals surface area contributed by atoms with Crippen molar-refractivity contribution in [2.75, 3.05) is 0 Å². The smallest absolute Gasteiger partial charge is 0.0929 e. The summed E-state index contributed by atoms with van der Waals surface area (Å²) in [7, 11) is 0. The molecule has 65 valence electrons. The Morgan fingerprint density at radius 2 is 2.00 bits per heavy atom. The molecule has 0 aliphatic rings. The Morgan fingerprint density at radius 3 is 2.69 bits per heavy atom. The first-order valence-electron chi connectivity index (χ1n) is 4.28. The van der Waals surface area contributed by atoms with E-state index in [-0.39, 0.29) is 0 Å². The molecule has 0 saturated carbocycles. The first-order valence-corrected chi connectivity index (χ1v) is 4.28. The minimum atomic E-state index is 0.740. The molecule has 13 heavy (non-hydrogen) atoms. The lowest BCUT2D eigenvalue weighted by atomic mass is 10.1. The molecule has 0 amide bonds. The second-order valence-corrected chi connectivity index (χ2v) is 2.85. The maximum Gasteiger partial charge on any atom is 0.0929 e. The van der Waals surface area contributed by atoms with Crippen LogP contribution in [-0.4, -0.2) is 9.97 Å². The van der Waals surface area contributed by atoms with Crippen molar-refractivity contribution in [3.63, 3.8) is 0 Å². The van der Waals surface area contributed by atoms with E-state index in [2.05, 4.69) is 29.0 Å². The van der Waals surface area contributed by atoms with E-state index < -0.39 is 0 Å². The van der Waals surface area contributed by atoms with Gasteiger partial charge in [0.25, 0.3) is 0 Å². The lowest BCUT2D eigenvalue weighted by molar-refractivity contribution is 1.15. The number of H-pyrrole nitrogens is 1. The number of benzene rings is 1. The minimum absolute atomic E-state index is 0.740. The summed E-state index contributed by atoms with van der Waals surface area (Å²) in [6, 6.07) is 10.1. The number of rotatable bonds is 2. The number of aromatic amines is 1. The molecule has 1 aromatic carbocycles. The molecule has 2 heteroatoms. The van der Waals surface area contributed by atoms with Gasteiger partial charge in [-0.1, -0.05) is 30.3 Å². The third-order valence-corrected chi connectivity index (χ3v) is 2.02. The normalized spacial score (nSPS) is 10.2. The minimum Gasteiger partial charge on any atom is -0.348 e. The van der Waals surface area contributed by atoms with Crippen LogP contribution in [0.1, 0.15) is 5.69 Å². The topological polar surface area (TPSA) is 28.7 Å². The number of hydrogen-bond acceptors (Lipinski definition) is 1. The molecule has 0 saturated heterocycles. The average molecular weight is 171 g/mol. The molecule has 2 rings (SSSR count). The van der Waals surface area contributed by atoms with Gasteiger partial charge >= 0.3 is 0 Å². The molecule has 0 bridgehead atoms. The van der Waals surface area contributed by atoms with Crippen molar-refractivity contribution in [2.45, 2.75) is 6.42 Å². The molecular formula is C11H11N2. The van der Waals surface area contributed by atoms with Crippen LogP contribution in [0.5, 0.6) is 0 Å². The van der Waals surface area contributed by atoms with E-state index in [4.69, 9.17) is 0 Å². The van der Waals surface area contributed by atoms with Gasteiger partial charge in [0.05, 0.1) is 12.0 Å². The maximum absolute atomic E-state index is 4.26. The van der Waals surface area contributed by atoms with E-state index in [9.17, 15) is 0 Å². The molecule has 0 unspecified atom stereocenters. The van der Waals surface area contributed by atoms with Crippen LogP contribution in [0.3, 0.4) is 0 Å². The Balaban J connectivity index is 2.47. The number of aromatic nitrogens is 2. The molecule has 1 radical (unpaired) electrons. The van der Waals surface area contributed by atoms with Gasteiger partial charge in [-0.15, -0.1) is 0 Å². The summed E-state index contributed by atoms with van der Waals surface area (Å²) in [5, 5.41) is 0. The van der Waals surface area contributed by atoms with Gasteiger partial charge in [0.15, 0.2) is 0 Å². The van der Waals surface area contributed by atoms with Gasteiger partial charge in [-0.2, -0.15) is 0 Å². The summed E-state index contributed by atoms with van der Waals surface area (Å²) in [5.41, 5.74) is 3.24. The molecule has 0 aliphatic carbocycles. The first-order chi connectivity index (χ1) is 6.42. The van der Waals surface area contributed by atoms with Gasteiger partial charge in [0.1, 0.15) is 0 Å². The summed E-state index contributed by atoms with van der Waals surface area (Å²) in [5.74, 6) is 0. The van der Waals surface area contributed by atoms with Crippen LogP contribution >= 0.6 is 0 Å². The largest absolute Gasteiger partial charge is 0.348 e. The van der Waals surface area contributed by atoms with E-state index in [0.717, 1.165) is 23.4 Å². The molecule has 0 aliphatic heterocycles. The maximum atomic E-state index is 4.26. The lowest BCUT2D eigenvalue weighted by Crippen LogP contribution is -1.85. The van der Waals surface area contributed by atoms with Crippen LogP contribution in [0.2, 0.25) is 0 Å². The lowest BCUT2D eigenvalue weighted by Gasteiger charge is -1.98. The Morgan fingerprint density at radius 1 is 1.23 bits per heavy atom. The van der Waals surface area contributed by atoms with Gasteiger partial charge in [0, 0.05) is 11.3 Å². The van der Waals surface area contributed by atoms with Gasteiger partial charge in [-0.3, -0.25) is 0 Å². The highest BCUT2D eigenvalue weighted by Gasteiger charge is 2.04. The van der Waals surface area contributed by atoms with Crippen LogP contribution in [0.15, 0.2) is 36.7 Å². The summed E-state index contributed by atoms with van der Waals surface area (Å²) >= 11 is 0. The second-order valence-electron chi connectivity index (χ2n) is 2.85. The van der Waals surface area contributed by atoms with E-state index in [0.29, 0.717) is 0 Å². The molecule has 1 heterocycles. The van der Waals surface area contributed by atoms with Crippen molar-refractivity contribution in [2.24, 2.45) is 0 Å². The van der Waals surface area contributed by atoms with Crippen LogP contribution in [0, 0.1) is 6.92 Å². The van der Waals surface area contributed by atoms with E-state index in [1.165, 1.54) is 0 Å². The average Bonchev–Trinajstić information content (AvgIpc) is 2.67. The van der Waals surface area contributed by atoms with Gasteiger partial charge in [-0.05, 0) is 13.3 Å². The second kappa shape index (κ2) is 3.44. The number of nitrogens with one attached hydrogen (secondary N) is 1. The Hall–Kier alpha value is -1.57. The highest BCUT2D eigenvalue weighted by atomic mass is 14.9. The summed E-state index contributed by atoms with van der Waals surface area (Å²) in [6.07, 6.45) is 2.45. The first kappa shape index (κ1) is 8.05. The summed E-state index contributed by atoms with van der Waals surface area (Å²) in [4.78, 5) is 7.34. The van der Waals surface area contributed by atoms with Crippen molar-refractivity contribution >= 4 is 0 Å². The molecule has 1 aromatic heterocycles. The van der Waals surface area contributed by atoms with Gasteiger partial charge < -0.3 is 4.98 Å². The third kappa shape index (κ3) is 1.47. The molecule has 2 nitrogen and oxygen atoms in total. The van der Waals surface area contributed by atoms with E-state index in [1.807, 2.05) is 18.2 Å². The van der Waals surface area contributed by atoms with Crippen LogP contribution in [0.25, 0.3) is 11.3 Å². The standard InChI is InChI=1S/C11H11N2/c1-2-10-11(13-8-12-10)9-6-4-3-5-7-9/h3-8H,1-2H2,(H,12,13). The SMILES string of the molecule is [CH2]Cc1[nH]cnc1-c1ccccc1. The van der Waals surface area contributed by atoms with Crippen LogP contribution in [-0.2, 0) is 6.42 Å². The number of imidazole rings is 1. The fraction of sp³-hybridized carbons (Fsp3) is 0.0909. The Labute approximate surface area is 77.6 Å². The molecule has 0 atom stereocenters. The van der Waals surface area contributed by atoms with Gasteiger partial charge in [-0.25, -0.2) is 4.98 Å². The predicted molar refractivity (Wildman–Crippen MR) is 53.1 cm³/mol. The van der Waals surface area contributed by atoms with Crippen molar-refractivity contribution in [3.8, 4) is 11.3 Å². The molecule has 0 spiro atoms. The molecular weight excluding hydrogens is 160 g/mol. The fourth-order valence-electron chi connectivity index (χ4n) is 1.36. The molecule has 1 N–H and O–H groups in total. The van der Waals surface area contributed by atoms with E-state index >= 15 is 0 Å². The van der Waals surface area contributed by atoms with Crippen LogP contribution < -0.4 is 0 Å². The van der Waals surface area contributed by atoms with Crippen molar-refractivity contribution in [3.05, 3.63) is 49.3 Å². The Bertz CT molecular complexity index is 376. The monoisotopic (exact) mass is 171 g/mol. The summed E-state index contributed by atoms with van der Waals surface area (Å²) in [6.45, 7) is 3.84. The fourth-order valence-corrected chi connectivity index (χ4v) is 1.36. The number of hydrogen-bond donors (Lipinski definition) is 1. The molecule has 2 aromatic rings. The zero-order valence-electron chi connectivity index (χ0n) is 7.33. The number of nitrogens with zero attached hydrogens (tertiary/aromatic N) is 1. The third-order valence-electron chi connectivity index (χ3n) is 2.02. The predicted octanol–water partition coefficient (Wildman–Crippen LogP) is 2.45. The summed E-state index contributed by atoms with van der Waals surface area (Å²) < 4.78 is 0. The zero-order chi connectivity index (χ0) is 9.10. The zero-order valence-corrected chi connectivity index (χ0v) is 7.33. The quantitative estimate of drug-likeness (QED) is 0.738. The van der Waals surface area contributed by atoms with Gasteiger partial charge in [0.2, 0.25) is 0 Å². The molecule has 0 fully saturated rings. The van der Waals surface area contributed by atoms with Crippen molar-refractivity contribution < 1.29 is 0 Å². The highest BCUT2D eigenvalue weighted by Crippen LogP contribution is 2.19. The van der Waals surface area contributed by atoms with Crippen molar-refractivity contribution in [1.29, 1.82) is 0 Å². The van der Waals surface area contributed by atoms with Crippen LogP contribution in [0.4, 0.5) is 0 Å². The Kier molecular flexibility index (Phi) is 2.13. The van der Waals surface area contributed by atoms with E-state index in [1.54, 1.807) is 6.33 Å². The van der Waals surface area contributed by atoms with Crippen molar-refractivity contribution in [1.82, 2.24) is 9.97 Å².